The van der Waals surface area contributed by atoms with E-state index in [0.29, 0.717) is 34.4 Å². The zero-order valence-corrected chi connectivity index (χ0v) is 16.7. The van der Waals surface area contributed by atoms with Crippen LogP contribution in [0.5, 0.6) is 5.75 Å². The minimum atomic E-state index is -0.137. The Balaban J connectivity index is 0.00000117. The van der Waals surface area contributed by atoms with E-state index >= 15 is 0 Å². The summed E-state index contributed by atoms with van der Waals surface area (Å²) in [5.41, 5.74) is 3.41. The number of anilines is 1. The molecule has 1 amide bonds. The predicted molar refractivity (Wildman–Crippen MR) is 110 cm³/mol. The summed E-state index contributed by atoms with van der Waals surface area (Å²) in [5.74, 6) is 0.501. The molecule has 26 heavy (non-hydrogen) atoms. The van der Waals surface area contributed by atoms with Crippen LogP contribution in [0.4, 0.5) is 5.69 Å². The summed E-state index contributed by atoms with van der Waals surface area (Å²) in [4.78, 5) is 12.5. The second kappa shape index (κ2) is 9.65. The van der Waals surface area contributed by atoms with Gasteiger partial charge in [-0.05, 0) is 36.3 Å². The van der Waals surface area contributed by atoms with E-state index in [4.69, 9.17) is 27.9 Å². The van der Waals surface area contributed by atoms with Gasteiger partial charge >= 0.3 is 0 Å². The quantitative estimate of drug-likeness (QED) is 0.658. The molecule has 0 aliphatic carbocycles. The third kappa shape index (κ3) is 5.03. The summed E-state index contributed by atoms with van der Waals surface area (Å²) in [6.07, 6.45) is 3.29. The Labute approximate surface area is 165 Å². The molecule has 0 radical (unpaired) electrons. The summed E-state index contributed by atoms with van der Waals surface area (Å²) in [5, 5.41) is 3.80. The number of nitrogens with one attached hydrogen (secondary N) is 1. The van der Waals surface area contributed by atoms with Crippen molar-refractivity contribution < 1.29 is 9.53 Å². The van der Waals surface area contributed by atoms with E-state index in [1.54, 1.807) is 18.2 Å². The van der Waals surface area contributed by atoms with Gasteiger partial charge in [0.15, 0.2) is 0 Å². The topological polar surface area (TPSA) is 38.3 Å². The smallest absolute Gasteiger partial charge is 0.251 e. The molecule has 138 valence electrons. The van der Waals surface area contributed by atoms with Crippen molar-refractivity contribution in [3.8, 4) is 5.75 Å². The molecule has 5 heteroatoms. The average molecular weight is 392 g/mol. The van der Waals surface area contributed by atoms with Crippen molar-refractivity contribution in [3.05, 3.63) is 63.1 Å². The van der Waals surface area contributed by atoms with E-state index < -0.39 is 0 Å². The maximum Gasteiger partial charge on any atom is 0.251 e. The van der Waals surface area contributed by atoms with Crippen molar-refractivity contribution in [2.45, 2.75) is 33.6 Å². The van der Waals surface area contributed by atoms with Crippen molar-refractivity contribution in [2.24, 2.45) is 0 Å². The number of hydrogen-bond acceptors (Lipinski definition) is 2. The summed E-state index contributed by atoms with van der Waals surface area (Å²) in [7, 11) is 0. The molecule has 1 heterocycles. The number of amides is 1. The van der Waals surface area contributed by atoms with Gasteiger partial charge in [0.2, 0.25) is 0 Å². The molecule has 1 aliphatic rings. The molecule has 0 fully saturated rings. The lowest BCUT2D eigenvalue weighted by atomic mass is 10.1. The number of halogens is 2. The minimum Gasteiger partial charge on any atom is -0.493 e. The monoisotopic (exact) mass is 391 g/mol. The standard InChI is InChI=1S/C19H17Cl2NO2.C2H6/c1-2-12-3-5-15(6-4-12)22-19(23)13-7-8-24-18-11-17(21)16(20)10-14(18)9-13;1-2/h3-6,9-11H,2,7-8H2,1H3,(H,22,23);1-2H3. The third-order valence-electron chi connectivity index (χ3n) is 3.92. The van der Waals surface area contributed by atoms with E-state index in [-0.39, 0.29) is 5.91 Å². The van der Waals surface area contributed by atoms with Crippen molar-refractivity contribution in [1.29, 1.82) is 0 Å². The Kier molecular flexibility index (Phi) is 7.55. The van der Waals surface area contributed by atoms with Gasteiger partial charge in [-0.15, -0.1) is 0 Å². The maximum atomic E-state index is 12.5. The SMILES string of the molecule is CC.CCc1ccc(NC(=O)C2=Cc3cc(Cl)c(Cl)cc3OCC2)cc1. The maximum absolute atomic E-state index is 12.5. The number of hydrogen-bond donors (Lipinski definition) is 1. The van der Waals surface area contributed by atoms with Gasteiger partial charge in [0.25, 0.3) is 5.91 Å². The Bertz CT molecular complexity index is 798. The molecule has 3 nitrogen and oxygen atoms in total. The normalized spacial score (nSPS) is 12.6. The van der Waals surface area contributed by atoms with E-state index in [9.17, 15) is 4.79 Å². The van der Waals surface area contributed by atoms with Gasteiger partial charge in [-0.2, -0.15) is 0 Å². The first-order chi connectivity index (χ1) is 12.6. The van der Waals surface area contributed by atoms with Crippen molar-refractivity contribution in [1.82, 2.24) is 0 Å². The molecule has 0 spiro atoms. The molecule has 0 atom stereocenters. The lowest BCUT2D eigenvalue weighted by molar-refractivity contribution is -0.113. The molecule has 1 aliphatic heterocycles. The minimum absolute atomic E-state index is 0.137. The highest BCUT2D eigenvalue weighted by molar-refractivity contribution is 6.42. The second-order valence-corrected chi connectivity index (χ2v) is 6.39. The highest BCUT2D eigenvalue weighted by Gasteiger charge is 2.17. The van der Waals surface area contributed by atoms with Gasteiger partial charge in [0, 0.05) is 29.3 Å². The molecule has 2 aromatic rings. The van der Waals surface area contributed by atoms with Crippen molar-refractivity contribution >= 4 is 40.9 Å². The Morgan fingerprint density at radius 3 is 2.42 bits per heavy atom. The zero-order chi connectivity index (χ0) is 19.1. The molecule has 0 saturated heterocycles. The van der Waals surface area contributed by atoms with Crippen LogP contribution in [0.1, 0.15) is 38.3 Å². The Hall–Kier alpha value is -1.97. The Morgan fingerprint density at radius 2 is 1.77 bits per heavy atom. The molecule has 2 aromatic carbocycles. The van der Waals surface area contributed by atoms with E-state index in [0.717, 1.165) is 17.7 Å². The molecular weight excluding hydrogens is 369 g/mol. The number of benzene rings is 2. The first-order valence-corrected chi connectivity index (χ1v) is 9.55. The highest BCUT2D eigenvalue weighted by atomic mass is 35.5. The number of rotatable bonds is 3. The van der Waals surface area contributed by atoms with Crippen LogP contribution >= 0.6 is 23.2 Å². The van der Waals surface area contributed by atoms with Gasteiger partial charge in [-0.3, -0.25) is 4.79 Å². The van der Waals surface area contributed by atoms with Crippen LogP contribution in [0.15, 0.2) is 42.0 Å². The molecule has 1 N–H and O–H groups in total. The lowest BCUT2D eigenvalue weighted by Crippen LogP contribution is -2.15. The van der Waals surface area contributed by atoms with E-state index in [1.807, 2.05) is 38.1 Å². The number of carbonyl (C=O) groups is 1. The zero-order valence-electron chi connectivity index (χ0n) is 15.2. The molecule has 0 saturated carbocycles. The summed E-state index contributed by atoms with van der Waals surface area (Å²) in [6, 6.07) is 11.2. The fourth-order valence-corrected chi connectivity index (χ4v) is 2.85. The van der Waals surface area contributed by atoms with Crippen LogP contribution in [-0.4, -0.2) is 12.5 Å². The first kappa shape index (κ1) is 20.3. The fraction of sp³-hybridized carbons (Fsp3) is 0.286. The fourth-order valence-electron chi connectivity index (χ4n) is 2.53. The molecule has 0 bridgehead atoms. The van der Waals surface area contributed by atoms with Crippen molar-refractivity contribution in [2.75, 3.05) is 11.9 Å². The van der Waals surface area contributed by atoms with Gasteiger partial charge in [-0.25, -0.2) is 0 Å². The van der Waals surface area contributed by atoms with Crippen LogP contribution in [0, 0.1) is 0 Å². The van der Waals surface area contributed by atoms with Crippen LogP contribution in [0.2, 0.25) is 10.0 Å². The number of carbonyl (C=O) groups excluding carboxylic acids is 1. The van der Waals surface area contributed by atoms with Gasteiger partial charge < -0.3 is 10.1 Å². The van der Waals surface area contributed by atoms with E-state index in [2.05, 4.69) is 12.2 Å². The summed E-state index contributed by atoms with van der Waals surface area (Å²) in [6.45, 7) is 6.51. The second-order valence-electron chi connectivity index (χ2n) is 5.58. The van der Waals surface area contributed by atoms with Gasteiger partial charge in [0.1, 0.15) is 5.75 Å². The number of ether oxygens (including phenoxy) is 1. The first-order valence-electron chi connectivity index (χ1n) is 8.79. The van der Waals surface area contributed by atoms with Crippen molar-refractivity contribution in [3.63, 3.8) is 0 Å². The van der Waals surface area contributed by atoms with Crippen LogP contribution < -0.4 is 10.1 Å². The highest BCUT2D eigenvalue weighted by Crippen LogP contribution is 2.34. The van der Waals surface area contributed by atoms with Gasteiger partial charge in [-0.1, -0.05) is 56.1 Å². The van der Waals surface area contributed by atoms with E-state index in [1.165, 1.54) is 5.56 Å². The molecule has 3 rings (SSSR count). The predicted octanol–water partition coefficient (Wildman–Crippen LogP) is 6.39. The van der Waals surface area contributed by atoms with Crippen LogP contribution in [0.25, 0.3) is 6.08 Å². The van der Waals surface area contributed by atoms with Crippen LogP contribution in [0.3, 0.4) is 0 Å². The number of aryl methyl sites for hydroxylation is 1. The summed E-state index contributed by atoms with van der Waals surface area (Å²) >= 11 is 12.1. The third-order valence-corrected chi connectivity index (χ3v) is 4.65. The largest absolute Gasteiger partial charge is 0.493 e. The Morgan fingerprint density at radius 1 is 1.12 bits per heavy atom. The lowest BCUT2D eigenvalue weighted by Gasteiger charge is -2.08. The number of fused-ring (bicyclic) bond motifs is 1. The molecular formula is C21H23Cl2NO2. The average Bonchev–Trinajstić information content (AvgIpc) is 2.86. The summed E-state index contributed by atoms with van der Waals surface area (Å²) < 4.78 is 5.67. The van der Waals surface area contributed by atoms with Crippen LogP contribution in [-0.2, 0) is 11.2 Å². The molecule has 0 unspecified atom stereocenters. The van der Waals surface area contributed by atoms with Gasteiger partial charge in [0.05, 0.1) is 16.7 Å². The molecule has 0 aromatic heterocycles.